The van der Waals surface area contributed by atoms with Crippen molar-refractivity contribution < 1.29 is 14.3 Å². The second-order valence-corrected chi connectivity index (χ2v) is 4.99. The standard InChI is InChI=1S/C14H19BrO3/c1-3-4-5-17-6-7-18-14-11(2)8-13(15)9-12(14)10-16/h8-10H,3-7H2,1-2H3. The van der Waals surface area contributed by atoms with Crippen LogP contribution in [0.3, 0.4) is 0 Å². The Hall–Kier alpha value is -0.870. The summed E-state index contributed by atoms with van der Waals surface area (Å²) in [6.45, 7) is 5.83. The minimum absolute atomic E-state index is 0.465. The lowest BCUT2D eigenvalue weighted by Crippen LogP contribution is -2.09. The SMILES string of the molecule is CCCCOCCOc1c(C)cc(Br)cc1C=O. The Morgan fingerprint density at radius 1 is 1.28 bits per heavy atom. The molecule has 0 amide bonds. The van der Waals surface area contributed by atoms with E-state index in [0.717, 1.165) is 35.8 Å². The molecule has 0 heterocycles. The number of aryl methyl sites for hydroxylation is 1. The number of unbranched alkanes of at least 4 members (excludes halogenated alkanes) is 1. The van der Waals surface area contributed by atoms with Crippen LogP contribution in [0, 0.1) is 6.92 Å². The van der Waals surface area contributed by atoms with Crippen LogP contribution in [-0.2, 0) is 4.74 Å². The minimum Gasteiger partial charge on any atom is -0.490 e. The van der Waals surface area contributed by atoms with Crippen molar-refractivity contribution in [1.82, 2.24) is 0 Å². The highest BCUT2D eigenvalue weighted by atomic mass is 79.9. The second-order valence-electron chi connectivity index (χ2n) is 4.07. The predicted octanol–water partition coefficient (Wildman–Crippen LogP) is 3.77. The van der Waals surface area contributed by atoms with Crippen LogP contribution in [0.2, 0.25) is 0 Å². The summed E-state index contributed by atoms with van der Waals surface area (Å²) in [5.74, 6) is 0.646. The third kappa shape index (κ3) is 4.78. The van der Waals surface area contributed by atoms with Crippen molar-refractivity contribution in [2.24, 2.45) is 0 Å². The fourth-order valence-electron chi connectivity index (χ4n) is 1.59. The van der Waals surface area contributed by atoms with Crippen LogP contribution in [0.4, 0.5) is 0 Å². The Kier molecular flexibility index (Phi) is 6.98. The molecule has 0 fully saturated rings. The normalized spacial score (nSPS) is 10.4. The van der Waals surface area contributed by atoms with Crippen molar-refractivity contribution in [3.63, 3.8) is 0 Å². The van der Waals surface area contributed by atoms with E-state index in [2.05, 4.69) is 22.9 Å². The largest absolute Gasteiger partial charge is 0.490 e. The molecule has 0 saturated carbocycles. The third-order valence-corrected chi connectivity index (χ3v) is 2.97. The van der Waals surface area contributed by atoms with Gasteiger partial charge in [-0.3, -0.25) is 4.79 Å². The number of aldehydes is 1. The molecule has 18 heavy (non-hydrogen) atoms. The molecule has 0 spiro atoms. The number of carbonyl (C=O) groups is 1. The summed E-state index contributed by atoms with van der Waals surface area (Å²) in [5.41, 5.74) is 1.51. The van der Waals surface area contributed by atoms with Crippen LogP contribution >= 0.6 is 15.9 Å². The number of hydrogen-bond donors (Lipinski definition) is 0. The predicted molar refractivity (Wildman–Crippen MR) is 75.5 cm³/mol. The maximum absolute atomic E-state index is 11.0. The zero-order valence-electron chi connectivity index (χ0n) is 10.9. The van der Waals surface area contributed by atoms with Crippen molar-refractivity contribution in [2.75, 3.05) is 19.8 Å². The van der Waals surface area contributed by atoms with Crippen molar-refractivity contribution in [2.45, 2.75) is 26.7 Å². The van der Waals surface area contributed by atoms with E-state index < -0.39 is 0 Å². The average molecular weight is 315 g/mol. The third-order valence-electron chi connectivity index (χ3n) is 2.51. The van der Waals surface area contributed by atoms with E-state index in [1.807, 2.05) is 13.0 Å². The van der Waals surface area contributed by atoms with Crippen molar-refractivity contribution in [3.05, 3.63) is 27.7 Å². The molecule has 0 aliphatic carbocycles. The average Bonchev–Trinajstić information content (AvgIpc) is 2.35. The van der Waals surface area contributed by atoms with Gasteiger partial charge in [-0.1, -0.05) is 29.3 Å². The zero-order valence-corrected chi connectivity index (χ0v) is 12.5. The molecule has 1 aromatic rings. The van der Waals surface area contributed by atoms with Crippen LogP contribution in [-0.4, -0.2) is 26.1 Å². The second kappa shape index (κ2) is 8.27. The summed E-state index contributed by atoms with van der Waals surface area (Å²) in [5, 5.41) is 0. The molecule has 0 aliphatic heterocycles. The number of ether oxygens (including phenoxy) is 2. The van der Waals surface area contributed by atoms with Crippen LogP contribution in [0.25, 0.3) is 0 Å². The molecule has 0 saturated heterocycles. The molecule has 1 aromatic carbocycles. The highest BCUT2D eigenvalue weighted by molar-refractivity contribution is 9.10. The fraction of sp³-hybridized carbons (Fsp3) is 0.500. The molecule has 0 aromatic heterocycles. The highest BCUT2D eigenvalue weighted by Gasteiger charge is 2.08. The van der Waals surface area contributed by atoms with Gasteiger partial charge in [-0.05, 0) is 31.0 Å². The van der Waals surface area contributed by atoms with Crippen LogP contribution in [0.5, 0.6) is 5.75 Å². The molecule has 3 nitrogen and oxygen atoms in total. The van der Waals surface area contributed by atoms with Gasteiger partial charge in [0.1, 0.15) is 12.4 Å². The van der Waals surface area contributed by atoms with E-state index in [1.165, 1.54) is 0 Å². The van der Waals surface area contributed by atoms with Crippen molar-refractivity contribution >= 4 is 22.2 Å². The summed E-state index contributed by atoms with van der Waals surface area (Å²) in [6.07, 6.45) is 3.00. The zero-order chi connectivity index (χ0) is 13.4. The monoisotopic (exact) mass is 314 g/mol. The van der Waals surface area contributed by atoms with Crippen LogP contribution in [0.1, 0.15) is 35.7 Å². The summed E-state index contributed by atoms with van der Waals surface area (Å²) in [4.78, 5) is 11.0. The van der Waals surface area contributed by atoms with Gasteiger partial charge >= 0.3 is 0 Å². The number of carbonyl (C=O) groups excluding carboxylic acids is 1. The Balaban J connectivity index is 2.49. The molecule has 0 bridgehead atoms. The van der Waals surface area contributed by atoms with Gasteiger partial charge in [-0.25, -0.2) is 0 Å². The topological polar surface area (TPSA) is 35.5 Å². The van der Waals surface area contributed by atoms with Gasteiger partial charge in [0.15, 0.2) is 6.29 Å². The number of halogens is 1. The molecular formula is C14H19BrO3. The van der Waals surface area contributed by atoms with Gasteiger partial charge in [0.05, 0.1) is 12.2 Å². The first-order valence-corrected chi connectivity index (χ1v) is 6.94. The van der Waals surface area contributed by atoms with E-state index >= 15 is 0 Å². The number of rotatable bonds is 8. The molecule has 0 aliphatic rings. The number of benzene rings is 1. The van der Waals surface area contributed by atoms with Crippen LogP contribution in [0.15, 0.2) is 16.6 Å². The Labute approximate surface area is 117 Å². The lowest BCUT2D eigenvalue weighted by atomic mass is 10.1. The molecule has 1 rings (SSSR count). The molecule has 0 radical (unpaired) electrons. The summed E-state index contributed by atoms with van der Waals surface area (Å²) in [6, 6.07) is 3.69. The first-order chi connectivity index (χ1) is 8.69. The van der Waals surface area contributed by atoms with Gasteiger partial charge in [-0.15, -0.1) is 0 Å². The smallest absolute Gasteiger partial charge is 0.153 e. The maximum atomic E-state index is 11.0. The quantitative estimate of drug-likeness (QED) is 0.541. The van der Waals surface area contributed by atoms with E-state index in [-0.39, 0.29) is 0 Å². The van der Waals surface area contributed by atoms with E-state index in [1.54, 1.807) is 6.07 Å². The molecule has 0 atom stereocenters. The van der Waals surface area contributed by atoms with Crippen LogP contribution < -0.4 is 4.74 Å². The van der Waals surface area contributed by atoms with E-state index in [0.29, 0.717) is 24.5 Å². The van der Waals surface area contributed by atoms with Crippen molar-refractivity contribution in [1.29, 1.82) is 0 Å². The summed E-state index contributed by atoms with van der Waals surface area (Å²) in [7, 11) is 0. The van der Waals surface area contributed by atoms with Crippen molar-refractivity contribution in [3.8, 4) is 5.75 Å². The van der Waals surface area contributed by atoms with Gasteiger partial charge in [0.25, 0.3) is 0 Å². The Morgan fingerprint density at radius 2 is 2.06 bits per heavy atom. The first kappa shape index (κ1) is 15.2. The first-order valence-electron chi connectivity index (χ1n) is 6.15. The van der Waals surface area contributed by atoms with Gasteiger partial charge in [-0.2, -0.15) is 0 Å². The lowest BCUT2D eigenvalue weighted by molar-refractivity contribution is 0.0966. The summed E-state index contributed by atoms with van der Waals surface area (Å²) < 4.78 is 11.9. The van der Waals surface area contributed by atoms with Gasteiger partial charge in [0, 0.05) is 11.1 Å². The number of hydrogen-bond acceptors (Lipinski definition) is 3. The maximum Gasteiger partial charge on any atom is 0.153 e. The fourth-order valence-corrected chi connectivity index (χ4v) is 2.18. The molecule has 0 N–H and O–H groups in total. The molecular weight excluding hydrogens is 296 g/mol. The van der Waals surface area contributed by atoms with Gasteiger partial charge < -0.3 is 9.47 Å². The lowest BCUT2D eigenvalue weighted by Gasteiger charge is -2.12. The Bertz CT molecular complexity index is 391. The van der Waals surface area contributed by atoms with Gasteiger partial charge in [0.2, 0.25) is 0 Å². The Morgan fingerprint density at radius 3 is 2.72 bits per heavy atom. The molecule has 0 unspecified atom stereocenters. The van der Waals surface area contributed by atoms with E-state index in [9.17, 15) is 4.79 Å². The molecule has 100 valence electrons. The molecule has 4 heteroatoms. The highest BCUT2D eigenvalue weighted by Crippen LogP contribution is 2.26. The van der Waals surface area contributed by atoms with E-state index in [4.69, 9.17) is 9.47 Å². The summed E-state index contributed by atoms with van der Waals surface area (Å²) >= 11 is 3.36. The minimum atomic E-state index is 0.465.